The van der Waals surface area contributed by atoms with E-state index in [1.807, 2.05) is 18.2 Å². The van der Waals surface area contributed by atoms with Crippen LogP contribution >= 0.6 is 0 Å². The van der Waals surface area contributed by atoms with Crippen molar-refractivity contribution >= 4 is 11.8 Å². The molecule has 1 aromatic carbocycles. The first-order valence-corrected chi connectivity index (χ1v) is 6.82. The fraction of sp³-hybridized carbons (Fsp3) is 0.467. The lowest BCUT2D eigenvalue weighted by atomic mass is 9.98. The van der Waals surface area contributed by atoms with E-state index < -0.39 is 0 Å². The first kappa shape index (κ1) is 13.6. The van der Waals surface area contributed by atoms with Crippen LogP contribution in [0.15, 0.2) is 24.3 Å². The van der Waals surface area contributed by atoms with Crippen LogP contribution in [0.4, 0.5) is 0 Å². The quantitative estimate of drug-likeness (QED) is 0.859. The third-order valence-electron chi connectivity index (χ3n) is 3.59. The molecule has 1 fully saturated rings. The van der Waals surface area contributed by atoms with E-state index in [1.165, 1.54) is 5.56 Å². The first-order chi connectivity index (χ1) is 9.20. The van der Waals surface area contributed by atoms with E-state index in [0.29, 0.717) is 25.9 Å². The second kappa shape index (κ2) is 6.36. The topological polar surface area (TPSA) is 58.2 Å². The summed E-state index contributed by atoms with van der Waals surface area (Å²) in [6.45, 7) is 3.13. The van der Waals surface area contributed by atoms with Crippen molar-refractivity contribution in [2.45, 2.75) is 32.7 Å². The van der Waals surface area contributed by atoms with Crippen LogP contribution in [-0.4, -0.2) is 18.4 Å². The van der Waals surface area contributed by atoms with E-state index in [1.54, 1.807) is 0 Å². The summed E-state index contributed by atoms with van der Waals surface area (Å²) in [6, 6.07) is 8.13. The zero-order valence-electron chi connectivity index (χ0n) is 11.2. The molecule has 0 radical (unpaired) electrons. The Morgan fingerprint density at radius 1 is 1.37 bits per heavy atom. The normalized spacial score (nSPS) is 18.8. The van der Waals surface area contributed by atoms with Gasteiger partial charge in [0.1, 0.15) is 0 Å². The lowest BCUT2D eigenvalue weighted by Gasteiger charge is -2.21. The number of rotatable bonds is 4. The Hall–Kier alpha value is -1.84. The molecule has 1 atom stereocenters. The van der Waals surface area contributed by atoms with Crippen LogP contribution in [0, 0.1) is 5.92 Å². The maximum atomic E-state index is 12.0. The summed E-state index contributed by atoms with van der Waals surface area (Å²) in [7, 11) is 0. The maximum Gasteiger partial charge on any atom is 0.225 e. The summed E-state index contributed by atoms with van der Waals surface area (Å²) in [5, 5.41) is 5.70. The van der Waals surface area contributed by atoms with Crippen LogP contribution < -0.4 is 10.6 Å². The minimum Gasteiger partial charge on any atom is -0.355 e. The van der Waals surface area contributed by atoms with Gasteiger partial charge in [-0.1, -0.05) is 31.2 Å². The molecule has 1 heterocycles. The van der Waals surface area contributed by atoms with E-state index in [2.05, 4.69) is 23.6 Å². The van der Waals surface area contributed by atoms with Gasteiger partial charge in [0.05, 0.1) is 5.92 Å². The lowest BCUT2D eigenvalue weighted by Crippen LogP contribution is -2.42. The maximum absolute atomic E-state index is 12.0. The number of nitrogens with one attached hydrogen (secondary N) is 2. The Balaban J connectivity index is 1.88. The molecule has 1 aliphatic rings. The van der Waals surface area contributed by atoms with Crippen LogP contribution in [-0.2, 0) is 22.6 Å². The van der Waals surface area contributed by atoms with E-state index in [9.17, 15) is 9.59 Å². The molecular weight excluding hydrogens is 240 g/mol. The highest BCUT2D eigenvalue weighted by atomic mass is 16.2. The molecule has 2 amide bonds. The molecule has 0 aliphatic carbocycles. The summed E-state index contributed by atoms with van der Waals surface area (Å²) in [5.74, 6) is -0.0160. The van der Waals surface area contributed by atoms with Gasteiger partial charge in [-0.15, -0.1) is 0 Å². The number of hydrogen-bond acceptors (Lipinski definition) is 2. The van der Waals surface area contributed by atoms with Crippen molar-refractivity contribution in [1.82, 2.24) is 10.6 Å². The van der Waals surface area contributed by atoms with Gasteiger partial charge in [-0.2, -0.15) is 0 Å². The minimum atomic E-state index is -0.0912. The molecule has 0 saturated carbocycles. The Labute approximate surface area is 113 Å². The molecular formula is C15H20N2O2. The van der Waals surface area contributed by atoms with E-state index >= 15 is 0 Å². The summed E-state index contributed by atoms with van der Waals surface area (Å²) >= 11 is 0. The summed E-state index contributed by atoms with van der Waals surface area (Å²) in [5.41, 5.74) is 2.43. The predicted molar refractivity (Wildman–Crippen MR) is 73.4 cm³/mol. The first-order valence-electron chi connectivity index (χ1n) is 6.82. The van der Waals surface area contributed by atoms with Gasteiger partial charge < -0.3 is 10.6 Å². The summed E-state index contributed by atoms with van der Waals surface area (Å²) in [4.78, 5) is 23.1. The third-order valence-corrected chi connectivity index (χ3v) is 3.59. The molecule has 4 heteroatoms. The number of carbonyl (C=O) groups is 2. The van der Waals surface area contributed by atoms with Crippen LogP contribution in [0.25, 0.3) is 0 Å². The van der Waals surface area contributed by atoms with Crippen molar-refractivity contribution in [3.05, 3.63) is 35.4 Å². The molecule has 1 unspecified atom stereocenters. The molecule has 2 rings (SSSR count). The number of benzene rings is 1. The SMILES string of the molecule is CCc1ccccc1CNC(=O)C1CCC(=O)NC1. The van der Waals surface area contributed by atoms with Gasteiger partial charge in [0.25, 0.3) is 0 Å². The highest BCUT2D eigenvalue weighted by Crippen LogP contribution is 2.12. The molecule has 1 saturated heterocycles. The number of hydrogen-bond donors (Lipinski definition) is 2. The van der Waals surface area contributed by atoms with Crippen LogP contribution in [0.5, 0.6) is 0 Å². The fourth-order valence-electron chi connectivity index (χ4n) is 2.36. The molecule has 102 valence electrons. The average Bonchev–Trinajstić information content (AvgIpc) is 2.45. The van der Waals surface area contributed by atoms with E-state index in [0.717, 1.165) is 12.0 Å². The zero-order valence-corrected chi connectivity index (χ0v) is 11.2. The van der Waals surface area contributed by atoms with Crippen molar-refractivity contribution in [1.29, 1.82) is 0 Å². The fourth-order valence-corrected chi connectivity index (χ4v) is 2.36. The highest BCUT2D eigenvalue weighted by Gasteiger charge is 2.24. The van der Waals surface area contributed by atoms with Crippen molar-refractivity contribution in [2.75, 3.05) is 6.54 Å². The van der Waals surface area contributed by atoms with Crippen LogP contribution in [0.1, 0.15) is 30.9 Å². The average molecular weight is 260 g/mol. The molecule has 1 aliphatic heterocycles. The monoisotopic (exact) mass is 260 g/mol. The minimum absolute atomic E-state index is 0.0332. The predicted octanol–water partition coefficient (Wildman–Crippen LogP) is 1.39. The number of carbonyl (C=O) groups excluding carboxylic acids is 2. The lowest BCUT2D eigenvalue weighted by molar-refractivity contribution is -0.129. The van der Waals surface area contributed by atoms with Crippen LogP contribution in [0.3, 0.4) is 0 Å². The molecule has 0 aromatic heterocycles. The van der Waals surface area contributed by atoms with Gasteiger partial charge in [0, 0.05) is 19.5 Å². The van der Waals surface area contributed by atoms with E-state index in [-0.39, 0.29) is 17.7 Å². The Bertz CT molecular complexity index is 461. The van der Waals surface area contributed by atoms with Gasteiger partial charge in [0.15, 0.2) is 0 Å². The molecule has 1 aromatic rings. The van der Waals surface area contributed by atoms with Crippen LogP contribution in [0.2, 0.25) is 0 Å². The van der Waals surface area contributed by atoms with Crippen molar-refractivity contribution in [3.63, 3.8) is 0 Å². The molecule has 19 heavy (non-hydrogen) atoms. The van der Waals surface area contributed by atoms with E-state index in [4.69, 9.17) is 0 Å². The Morgan fingerprint density at radius 3 is 2.74 bits per heavy atom. The summed E-state index contributed by atoms with van der Waals surface area (Å²) in [6.07, 6.45) is 2.06. The van der Waals surface area contributed by atoms with Gasteiger partial charge in [-0.25, -0.2) is 0 Å². The smallest absolute Gasteiger partial charge is 0.225 e. The van der Waals surface area contributed by atoms with Gasteiger partial charge in [-0.05, 0) is 24.0 Å². The number of amides is 2. The second-order valence-corrected chi connectivity index (χ2v) is 4.88. The largest absolute Gasteiger partial charge is 0.355 e. The number of piperidine rings is 1. The van der Waals surface area contributed by atoms with Gasteiger partial charge >= 0.3 is 0 Å². The Morgan fingerprint density at radius 2 is 2.11 bits per heavy atom. The Kier molecular flexibility index (Phi) is 4.55. The number of aryl methyl sites for hydroxylation is 1. The third kappa shape index (κ3) is 3.56. The highest BCUT2D eigenvalue weighted by molar-refractivity contribution is 5.83. The molecule has 0 spiro atoms. The second-order valence-electron chi connectivity index (χ2n) is 4.88. The van der Waals surface area contributed by atoms with Gasteiger partial charge in [-0.3, -0.25) is 9.59 Å². The summed E-state index contributed by atoms with van der Waals surface area (Å²) < 4.78 is 0. The van der Waals surface area contributed by atoms with Gasteiger partial charge in [0.2, 0.25) is 11.8 Å². The zero-order chi connectivity index (χ0) is 13.7. The van der Waals surface area contributed by atoms with Crippen molar-refractivity contribution < 1.29 is 9.59 Å². The standard InChI is InChI=1S/C15H20N2O2/c1-2-11-5-3-4-6-12(11)9-17-15(19)13-7-8-14(18)16-10-13/h3-6,13H,2,7-10H2,1H3,(H,16,18)(H,17,19). The van der Waals surface area contributed by atoms with Crippen molar-refractivity contribution in [3.8, 4) is 0 Å². The molecule has 0 bridgehead atoms. The molecule has 2 N–H and O–H groups in total. The molecule has 4 nitrogen and oxygen atoms in total. The van der Waals surface area contributed by atoms with Crippen molar-refractivity contribution in [2.24, 2.45) is 5.92 Å².